The van der Waals surface area contributed by atoms with Crippen molar-refractivity contribution in [3.8, 4) is 0 Å². The van der Waals surface area contributed by atoms with Gasteiger partial charge in [-0.2, -0.15) is 0 Å². The predicted octanol–water partition coefficient (Wildman–Crippen LogP) is 3.87. The van der Waals surface area contributed by atoms with Crippen molar-refractivity contribution in [2.45, 2.75) is 57.7 Å². The fourth-order valence-corrected chi connectivity index (χ4v) is 2.98. The van der Waals surface area contributed by atoms with E-state index in [0.29, 0.717) is 5.92 Å². The lowest BCUT2D eigenvalue weighted by Gasteiger charge is -2.24. The van der Waals surface area contributed by atoms with Crippen LogP contribution in [-0.2, 0) is 4.74 Å². The fraction of sp³-hybridized carbons (Fsp3) is 0.647. The molecule has 0 saturated carbocycles. The average Bonchev–Trinajstić information content (AvgIpc) is 2.74. The second-order valence-corrected chi connectivity index (χ2v) is 6.33. The summed E-state index contributed by atoms with van der Waals surface area (Å²) in [7, 11) is 0. The maximum absolute atomic E-state index is 13.4. The maximum Gasteiger partial charge on any atom is 0.123 e. The Kier molecular flexibility index (Phi) is 5.17. The molecule has 1 aromatic carbocycles. The Balaban J connectivity index is 2.04. The molecular formula is C17H26FNO. The molecule has 2 unspecified atom stereocenters. The first kappa shape index (κ1) is 15.5. The molecule has 2 atom stereocenters. The lowest BCUT2D eigenvalue weighted by Crippen LogP contribution is -2.26. The zero-order valence-electron chi connectivity index (χ0n) is 12.8. The van der Waals surface area contributed by atoms with Crippen LogP contribution in [-0.4, -0.2) is 24.8 Å². The molecule has 1 N–H and O–H groups in total. The van der Waals surface area contributed by atoms with Crippen LogP contribution in [0.3, 0.4) is 0 Å². The summed E-state index contributed by atoms with van der Waals surface area (Å²) in [4.78, 5) is 0. The molecule has 112 valence electrons. The molecule has 0 spiro atoms. The number of nitrogens with one attached hydrogen (secondary N) is 1. The highest BCUT2D eigenvalue weighted by atomic mass is 19.1. The number of ether oxygens (including phenoxy) is 1. The molecule has 3 heteroatoms. The first-order valence-electron chi connectivity index (χ1n) is 7.64. The van der Waals surface area contributed by atoms with Crippen LogP contribution in [0.2, 0.25) is 0 Å². The van der Waals surface area contributed by atoms with Gasteiger partial charge in [0.15, 0.2) is 0 Å². The number of hydrogen-bond acceptors (Lipinski definition) is 2. The molecule has 1 aromatic rings. The minimum absolute atomic E-state index is 0.00462. The summed E-state index contributed by atoms with van der Waals surface area (Å²) in [5, 5.41) is 3.38. The molecule has 1 aliphatic rings. The predicted molar refractivity (Wildman–Crippen MR) is 80.5 cm³/mol. The van der Waals surface area contributed by atoms with Gasteiger partial charge in [0.1, 0.15) is 5.82 Å². The van der Waals surface area contributed by atoms with E-state index in [9.17, 15) is 4.39 Å². The van der Waals surface area contributed by atoms with E-state index in [4.69, 9.17) is 4.74 Å². The molecule has 0 radical (unpaired) electrons. The van der Waals surface area contributed by atoms with Crippen molar-refractivity contribution in [2.24, 2.45) is 0 Å². The van der Waals surface area contributed by atoms with Crippen molar-refractivity contribution >= 4 is 0 Å². The summed E-state index contributed by atoms with van der Waals surface area (Å²) in [5.74, 6) is 0.154. The first-order chi connectivity index (χ1) is 9.50. The molecule has 1 fully saturated rings. The first-order valence-corrected chi connectivity index (χ1v) is 7.64. The highest BCUT2D eigenvalue weighted by Crippen LogP contribution is 2.34. The van der Waals surface area contributed by atoms with Gasteiger partial charge in [-0.15, -0.1) is 0 Å². The zero-order valence-corrected chi connectivity index (χ0v) is 12.8. The number of halogens is 1. The zero-order chi connectivity index (χ0) is 14.6. The lowest BCUT2D eigenvalue weighted by molar-refractivity contribution is -0.0209. The molecule has 2 rings (SSSR count). The van der Waals surface area contributed by atoms with Crippen LogP contribution in [0, 0.1) is 5.82 Å². The van der Waals surface area contributed by atoms with Gasteiger partial charge in [0.25, 0.3) is 0 Å². The number of benzene rings is 1. The SMILES string of the molecule is CCNCC(CC1CCC(C)(C)O1)c1cccc(F)c1. The van der Waals surface area contributed by atoms with E-state index in [1.165, 1.54) is 6.07 Å². The van der Waals surface area contributed by atoms with Gasteiger partial charge < -0.3 is 10.1 Å². The van der Waals surface area contributed by atoms with Crippen molar-refractivity contribution in [3.63, 3.8) is 0 Å². The largest absolute Gasteiger partial charge is 0.372 e. The fourth-order valence-electron chi connectivity index (χ4n) is 2.98. The second kappa shape index (κ2) is 6.68. The topological polar surface area (TPSA) is 21.3 Å². The molecule has 0 aliphatic carbocycles. The van der Waals surface area contributed by atoms with Crippen LogP contribution in [0.25, 0.3) is 0 Å². The molecule has 20 heavy (non-hydrogen) atoms. The van der Waals surface area contributed by atoms with E-state index in [1.54, 1.807) is 12.1 Å². The lowest BCUT2D eigenvalue weighted by atomic mass is 9.91. The van der Waals surface area contributed by atoms with Crippen LogP contribution >= 0.6 is 0 Å². The third kappa shape index (κ3) is 4.29. The van der Waals surface area contributed by atoms with Gasteiger partial charge >= 0.3 is 0 Å². The Morgan fingerprint density at radius 1 is 1.45 bits per heavy atom. The maximum atomic E-state index is 13.4. The Morgan fingerprint density at radius 3 is 2.85 bits per heavy atom. The molecular weight excluding hydrogens is 253 g/mol. The Hall–Kier alpha value is -0.930. The van der Waals surface area contributed by atoms with E-state index in [1.807, 2.05) is 6.07 Å². The quantitative estimate of drug-likeness (QED) is 0.853. The molecule has 1 heterocycles. The Labute approximate surface area is 121 Å². The van der Waals surface area contributed by atoms with Crippen LogP contribution in [0.15, 0.2) is 24.3 Å². The minimum Gasteiger partial charge on any atom is -0.372 e. The molecule has 2 nitrogen and oxygen atoms in total. The average molecular weight is 279 g/mol. The summed E-state index contributed by atoms with van der Waals surface area (Å²) in [6, 6.07) is 6.97. The van der Waals surface area contributed by atoms with Gasteiger partial charge in [-0.1, -0.05) is 19.1 Å². The Bertz CT molecular complexity index is 433. The van der Waals surface area contributed by atoms with Gasteiger partial charge in [-0.3, -0.25) is 0 Å². The summed E-state index contributed by atoms with van der Waals surface area (Å²) in [5.41, 5.74) is 1.06. The van der Waals surface area contributed by atoms with Crippen LogP contribution in [0.5, 0.6) is 0 Å². The van der Waals surface area contributed by atoms with Gasteiger partial charge in [0.05, 0.1) is 11.7 Å². The summed E-state index contributed by atoms with van der Waals surface area (Å²) < 4.78 is 19.5. The number of hydrogen-bond donors (Lipinski definition) is 1. The third-order valence-corrected chi connectivity index (χ3v) is 4.06. The van der Waals surface area contributed by atoms with Crippen molar-refractivity contribution in [2.75, 3.05) is 13.1 Å². The number of likely N-dealkylation sites (N-methyl/N-ethyl adjacent to an activating group) is 1. The highest BCUT2D eigenvalue weighted by molar-refractivity contribution is 5.21. The van der Waals surface area contributed by atoms with E-state index < -0.39 is 0 Å². The molecule has 1 saturated heterocycles. The van der Waals surface area contributed by atoms with Gasteiger partial charge in [-0.05, 0) is 63.3 Å². The van der Waals surface area contributed by atoms with Gasteiger partial charge in [0.2, 0.25) is 0 Å². The third-order valence-electron chi connectivity index (χ3n) is 4.06. The summed E-state index contributed by atoms with van der Waals surface area (Å²) in [6.07, 6.45) is 3.46. The van der Waals surface area contributed by atoms with Crippen LogP contribution < -0.4 is 5.32 Å². The van der Waals surface area contributed by atoms with Crippen LogP contribution in [0.1, 0.15) is 51.5 Å². The molecule has 0 bridgehead atoms. The van der Waals surface area contributed by atoms with E-state index in [0.717, 1.165) is 37.9 Å². The van der Waals surface area contributed by atoms with Crippen molar-refractivity contribution in [1.82, 2.24) is 5.32 Å². The molecule has 0 aromatic heterocycles. The number of rotatable bonds is 6. The van der Waals surface area contributed by atoms with Gasteiger partial charge in [0, 0.05) is 6.54 Å². The van der Waals surface area contributed by atoms with E-state index in [2.05, 4.69) is 26.1 Å². The molecule has 1 aliphatic heterocycles. The standard InChI is InChI=1S/C17H26FNO/c1-4-19-12-14(13-6-5-7-15(18)10-13)11-16-8-9-17(2,3)20-16/h5-7,10,14,16,19H,4,8-9,11-12H2,1-3H3. The van der Waals surface area contributed by atoms with Crippen LogP contribution in [0.4, 0.5) is 4.39 Å². The van der Waals surface area contributed by atoms with E-state index in [-0.39, 0.29) is 17.5 Å². The highest BCUT2D eigenvalue weighted by Gasteiger charge is 2.33. The second-order valence-electron chi connectivity index (χ2n) is 6.33. The van der Waals surface area contributed by atoms with Crippen molar-refractivity contribution in [1.29, 1.82) is 0 Å². The minimum atomic E-state index is -0.156. The summed E-state index contributed by atoms with van der Waals surface area (Å²) in [6.45, 7) is 8.20. The van der Waals surface area contributed by atoms with Gasteiger partial charge in [-0.25, -0.2) is 4.39 Å². The smallest absolute Gasteiger partial charge is 0.123 e. The van der Waals surface area contributed by atoms with Crippen molar-refractivity contribution < 1.29 is 9.13 Å². The summed E-state index contributed by atoms with van der Waals surface area (Å²) >= 11 is 0. The van der Waals surface area contributed by atoms with E-state index >= 15 is 0 Å². The monoisotopic (exact) mass is 279 g/mol. The normalized spacial score (nSPS) is 22.9. The Morgan fingerprint density at radius 2 is 2.25 bits per heavy atom. The molecule has 0 amide bonds. The van der Waals surface area contributed by atoms with Crippen molar-refractivity contribution in [3.05, 3.63) is 35.6 Å².